The molecule has 1 aliphatic rings. The number of rotatable bonds is 3. The minimum atomic E-state index is 0.0356. The lowest BCUT2D eigenvalue weighted by Crippen LogP contribution is -2.22. The third-order valence-corrected chi connectivity index (χ3v) is 3.93. The Balaban J connectivity index is 2.01. The summed E-state index contributed by atoms with van der Waals surface area (Å²) in [4.78, 5) is 17.1. The van der Waals surface area contributed by atoms with Crippen molar-refractivity contribution in [3.8, 4) is 0 Å². The van der Waals surface area contributed by atoms with Gasteiger partial charge in [-0.25, -0.2) is 0 Å². The van der Waals surface area contributed by atoms with E-state index in [1.807, 2.05) is 48.5 Å². The van der Waals surface area contributed by atoms with E-state index < -0.39 is 0 Å². The van der Waals surface area contributed by atoms with Crippen molar-refractivity contribution in [3.63, 3.8) is 0 Å². The standard InChI is InChI=1S/C16H13IN2O/c17-12-7-5-11(6-8-12)15(20)13-3-1-2-4-14(13)16-18-9-10-19-16/h1-8H,9-10H2,(H,18,19). The van der Waals surface area contributed by atoms with Crippen LogP contribution in [0, 0.1) is 3.57 Å². The number of hydrogen-bond acceptors (Lipinski definition) is 3. The minimum Gasteiger partial charge on any atom is -0.368 e. The molecule has 4 heteroatoms. The first-order chi connectivity index (χ1) is 9.75. The summed E-state index contributed by atoms with van der Waals surface area (Å²) in [6.45, 7) is 1.60. The van der Waals surface area contributed by atoms with Gasteiger partial charge in [-0.05, 0) is 46.9 Å². The maximum absolute atomic E-state index is 12.6. The van der Waals surface area contributed by atoms with Gasteiger partial charge in [0.2, 0.25) is 0 Å². The van der Waals surface area contributed by atoms with Crippen molar-refractivity contribution >= 4 is 34.2 Å². The van der Waals surface area contributed by atoms with Gasteiger partial charge >= 0.3 is 0 Å². The van der Waals surface area contributed by atoms with E-state index in [2.05, 4.69) is 32.9 Å². The Labute approximate surface area is 131 Å². The highest BCUT2D eigenvalue weighted by atomic mass is 127. The van der Waals surface area contributed by atoms with Crippen molar-refractivity contribution in [2.24, 2.45) is 4.99 Å². The van der Waals surface area contributed by atoms with Crippen molar-refractivity contribution in [2.75, 3.05) is 13.1 Å². The van der Waals surface area contributed by atoms with Crippen LogP contribution < -0.4 is 5.32 Å². The summed E-state index contributed by atoms with van der Waals surface area (Å²) in [7, 11) is 0. The molecule has 0 aliphatic carbocycles. The third kappa shape index (κ3) is 2.60. The first kappa shape index (κ1) is 13.3. The second kappa shape index (κ2) is 5.75. The molecule has 0 radical (unpaired) electrons. The molecular weight excluding hydrogens is 363 g/mol. The molecule has 0 saturated carbocycles. The number of hydrogen-bond donors (Lipinski definition) is 1. The van der Waals surface area contributed by atoms with E-state index in [4.69, 9.17) is 0 Å². The van der Waals surface area contributed by atoms with Gasteiger partial charge in [0.1, 0.15) is 5.84 Å². The van der Waals surface area contributed by atoms with Crippen LogP contribution in [0.15, 0.2) is 53.5 Å². The fraction of sp³-hybridized carbons (Fsp3) is 0.125. The molecule has 0 spiro atoms. The molecule has 0 amide bonds. The molecule has 100 valence electrons. The molecule has 0 unspecified atom stereocenters. The molecular formula is C16H13IN2O. The van der Waals surface area contributed by atoms with Crippen LogP contribution in [0.25, 0.3) is 0 Å². The SMILES string of the molecule is O=C(c1ccc(I)cc1)c1ccccc1C1=NCCN1. The van der Waals surface area contributed by atoms with Crippen LogP contribution in [0.3, 0.4) is 0 Å². The zero-order valence-corrected chi connectivity index (χ0v) is 12.9. The lowest BCUT2D eigenvalue weighted by molar-refractivity contribution is 0.103. The van der Waals surface area contributed by atoms with Gasteiger partial charge in [-0.15, -0.1) is 0 Å². The number of benzene rings is 2. The van der Waals surface area contributed by atoms with Gasteiger partial charge in [0.15, 0.2) is 5.78 Å². The van der Waals surface area contributed by atoms with E-state index in [-0.39, 0.29) is 5.78 Å². The molecule has 20 heavy (non-hydrogen) atoms. The Kier molecular flexibility index (Phi) is 3.82. The van der Waals surface area contributed by atoms with E-state index in [9.17, 15) is 4.79 Å². The number of ketones is 1. The molecule has 1 N–H and O–H groups in total. The third-order valence-electron chi connectivity index (χ3n) is 3.21. The quantitative estimate of drug-likeness (QED) is 0.661. The van der Waals surface area contributed by atoms with Crippen LogP contribution in [0.5, 0.6) is 0 Å². The summed E-state index contributed by atoms with van der Waals surface area (Å²) in [6.07, 6.45) is 0. The van der Waals surface area contributed by atoms with E-state index in [0.29, 0.717) is 11.1 Å². The smallest absolute Gasteiger partial charge is 0.193 e. The zero-order chi connectivity index (χ0) is 13.9. The summed E-state index contributed by atoms with van der Waals surface area (Å²) in [5.41, 5.74) is 2.28. The average Bonchev–Trinajstić information content (AvgIpc) is 3.01. The van der Waals surface area contributed by atoms with Crippen molar-refractivity contribution in [1.29, 1.82) is 0 Å². The predicted octanol–water partition coefficient (Wildman–Crippen LogP) is 2.87. The molecule has 2 aromatic carbocycles. The largest absolute Gasteiger partial charge is 0.368 e. The van der Waals surface area contributed by atoms with Gasteiger partial charge in [0.05, 0.1) is 6.54 Å². The Bertz CT molecular complexity index is 677. The average molecular weight is 376 g/mol. The molecule has 0 fully saturated rings. The van der Waals surface area contributed by atoms with Gasteiger partial charge in [-0.1, -0.05) is 24.3 Å². The van der Waals surface area contributed by atoms with Crippen LogP contribution in [-0.2, 0) is 0 Å². The normalized spacial score (nSPS) is 13.8. The first-order valence-corrected chi connectivity index (χ1v) is 7.51. The van der Waals surface area contributed by atoms with E-state index in [0.717, 1.165) is 28.1 Å². The van der Waals surface area contributed by atoms with Gasteiger partial charge < -0.3 is 5.32 Å². The number of carbonyl (C=O) groups is 1. The molecule has 3 nitrogen and oxygen atoms in total. The van der Waals surface area contributed by atoms with Gasteiger partial charge in [0.25, 0.3) is 0 Å². The number of amidine groups is 1. The molecule has 3 rings (SSSR count). The summed E-state index contributed by atoms with van der Waals surface area (Å²) in [6, 6.07) is 15.2. The fourth-order valence-electron chi connectivity index (χ4n) is 2.22. The van der Waals surface area contributed by atoms with Crippen LogP contribution in [0.2, 0.25) is 0 Å². The van der Waals surface area contributed by atoms with Crippen molar-refractivity contribution < 1.29 is 4.79 Å². The molecule has 0 bridgehead atoms. The van der Waals surface area contributed by atoms with Crippen molar-refractivity contribution in [2.45, 2.75) is 0 Å². The molecule has 0 saturated heterocycles. The zero-order valence-electron chi connectivity index (χ0n) is 10.8. The van der Waals surface area contributed by atoms with Crippen LogP contribution in [0.4, 0.5) is 0 Å². The maximum Gasteiger partial charge on any atom is 0.193 e. The molecule has 1 heterocycles. The molecule has 0 aromatic heterocycles. The molecule has 2 aromatic rings. The van der Waals surface area contributed by atoms with Gasteiger partial charge in [0, 0.05) is 26.8 Å². The number of aliphatic imine (C=N–C) groups is 1. The van der Waals surface area contributed by atoms with Gasteiger partial charge in [-0.2, -0.15) is 0 Å². The van der Waals surface area contributed by atoms with E-state index in [1.165, 1.54) is 0 Å². The Hall–Kier alpha value is -1.69. The molecule has 0 atom stereocenters. The Morgan fingerprint density at radius 3 is 2.55 bits per heavy atom. The minimum absolute atomic E-state index is 0.0356. The van der Waals surface area contributed by atoms with E-state index in [1.54, 1.807) is 0 Å². The summed E-state index contributed by atoms with van der Waals surface area (Å²) in [5, 5.41) is 3.23. The predicted molar refractivity (Wildman–Crippen MR) is 88.4 cm³/mol. The summed E-state index contributed by atoms with van der Waals surface area (Å²) in [5.74, 6) is 0.855. The molecule has 1 aliphatic heterocycles. The van der Waals surface area contributed by atoms with Gasteiger partial charge in [-0.3, -0.25) is 9.79 Å². The van der Waals surface area contributed by atoms with Crippen LogP contribution in [-0.4, -0.2) is 24.7 Å². The lowest BCUT2D eigenvalue weighted by Gasteiger charge is -2.09. The maximum atomic E-state index is 12.6. The Morgan fingerprint density at radius 2 is 1.85 bits per heavy atom. The first-order valence-electron chi connectivity index (χ1n) is 6.44. The number of carbonyl (C=O) groups excluding carboxylic acids is 1. The number of halogens is 1. The monoisotopic (exact) mass is 376 g/mol. The van der Waals surface area contributed by atoms with Crippen LogP contribution in [0.1, 0.15) is 21.5 Å². The second-order valence-corrected chi connectivity index (χ2v) is 5.78. The Morgan fingerprint density at radius 1 is 1.10 bits per heavy atom. The topological polar surface area (TPSA) is 41.5 Å². The second-order valence-electron chi connectivity index (χ2n) is 4.54. The highest BCUT2D eigenvalue weighted by molar-refractivity contribution is 14.1. The highest BCUT2D eigenvalue weighted by Crippen LogP contribution is 2.17. The van der Waals surface area contributed by atoms with Crippen molar-refractivity contribution in [3.05, 3.63) is 68.8 Å². The van der Waals surface area contributed by atoms with Crippen molar-refractivity contribution in [1.82, 2.24) is 5.32 Å². The summed E-state index contributed by atoms with van der Waals surface area (Å²) < 4.78 is 1.12. The van der Waals surface area contributed by atoms with Crippen LogP contribution >= 0.6 is 22.6 Å². The number of nitrogens with one attached hydrogen (secondary N) is 1. The fourth-order valence-corrected chi connectivity index (χ4v) is 2.58. The highest BCUT2D eigenvalue weighted by Gasteiger charge is 2.18. The summed E-state index contributed by atoms with van der Waals surface area (Å²) >= 11 is 2.23. The van der Waals surface area contributed by atoms with E-state index >= 15 is 0 Å². The number of nitrogens with zero attached hydrogens (tertiary/aromatic N) is 1. The lowest BCUT2D eigenvalue weighted by atomic mass is 9.98.